The Morgan fingerprint density at radius 1 is 0.833 bits per heavy atom. The molecular weight excluding hydrogens is 311 g/mol. The molecule has 0 saturated heterocycles. The molecule has 0 radical (unpaired) electrons. The van der Waals surface area contributed by atoms with E-state index in [0.29, 0.717) is 16.6 Å². The van der Waals surface area contributed by atoms with Gasteiger partial charge in [-0.2, -0.15) is 0 Å². The van der Waals surface area contributed by atoms with E-state index in [2.05, 4.69) is 0 Å². The van der Waals surface area contributed by atoms with Crippen molar-refractivity contribution in [2.45, 2.75) is 13.8 Å². The summed E-state index contributed by atoms with van der Waals surface area (Å²) in [7, 11) is 0. The van der Waals surface area contributed by atoms with Crippen LogP contribution in [-0.2, 0) is 0 Å². The highest BCUT2D eigenvalue weighted by atomic mass is 19.1. The Bertz CT molecular complexity index is 1090. The smallest absolute Gasteiger partial charge is 0.148 e. The van der Waals surface area contributed by atoms with Crippen molar-refractivity contribution in [2.24, 2.45) is 0 Å². The molecule has 0 amide bonds. The van der Waals surface area contributed by atoms with Gasteiger partial charge in [0, 0.05) is 16.5 Å². The minimum absolute atomic E-state index is 0.172. The molecule has 0 aliphatic carbocycles. The third-order valence-corrected chi connectivity index (χ3v) is 4.34. The average molecular weight is 325 g/mol. The lowest BCUT2D eigenvalue weighted by Crippen LogP contribution is -1.97. The van der Waals surface area contributed by atoms with Gasteiger partial charge in [0.2, 0.25) is 0 Å². The summed E-state index contributed by atoms with van der Waals surface area (Å²) in [6.45, 7) is 3.46. The van der Waals surface area contributed by atoms with Gasteiger partial charge >= 0.3 is 0 Å². The number of hydrogen-bond donors (Lipinski definition) is 0. The second kappa shape index (κ2) is 5.13. The zero-order chi connectivity index (χ0) is 17.0. The van der Waals surface area contributed by atoms with Crippen LogP contribution in [0.5, 0.6) is 0 Å². The van der Waals surface area contributed by atoms with Crippen LogP contribution in [-0.4, -0.2) is 4.57 Å². The molecule has 0 spiro atoms. The van der Waals surface area contributed by atoms with Gasteiger partial charge in [-0.1, -0.05) is 11.6 Å². The molecule has 1 nitrogen and oxygen atoms in total. The largest absolute Gasteiger partial charge is 0.306 e. The Morgan fingerprint density at radius 3 is 2.25 bits per heavy atom. The highest BCUT2D eigenvalue weighted by molar-refractivity contribution is 6.10. The van der Waals surface area contributed by atoms with E-state index in [9.17, 15) is 13.2 Å². The number of aryl methyl sites for hydroxylation is 2. The van der Waals surface area contributed by atoms with Crippen LogP contribution in [0.1, 0.15) is 11.1 Å². The van der Waals surface area contributed by atoms with Crippen LogP contribution in [0, 0.1) is 31.3 Å². The maximum absolute atomic E-state index is 14.8. The summed E-state index contributed by atoms with van der Waals surface area (Å²) in [6, 6.07) is 12.5. The van der Waals surface area contributed by atoms with E-state index < -0.39 is 11.6 Å². The summed E-state index contributed by atoms with van der Waals surface area (Å²) in [5.74, 6) is -1.30. The standard InChI is InChI=1S/C20H14F3N/c1-11-3-8-17-15(9-11)18-19(23)12(2)10-16(22)20(18)24(17)14-6-4-13(21)5-7-14/h3-10H,1-2H3. The predicted octanol–water partition coefficient (Wildman–Crippen LogP) is 5.82. The Hall–Kier alpha value is -2.75. The van der Waals surface area contributed by atoms with E-state index in [4.69, 9.17) is 0 Å². The fourth-order valence-electron chi connectivity index (χ4n) is 3.23. The van der Waals surface area contributed by atoms with Gasteiger partial charge < -0.3 is 4.57 Å². The Kier molecular flexibility index (Phi) is 3.17. The van der Waals surface area contributed by atoms with E-state index in [1.807, 2.05) is 25.1 Å². The number of nitrogens with zero attached hydrogens (tertiary/aromatic N) is 1. The first kappa shape index (κ1) is 14.8. The molecule has 0 bridgehead atoms. The van der Waals surface area contributed by atoms with E-state index in [1.165, 1.54) is 18.2 Å². The van der Waals surface area contributed by atoms with Gasteiger partial charge in [-0.3, -0.25) is 0 Å². The van der Waals surface area contributed by atoms with Crippen molar-refractivity contribution >= 4 is 21.8 Å². The van der Waals surface area contributed by atoms with Crippen molar-refractivity contribution in [1.82, 2.24) is 4.57 Å². The molecule has 120 valence electrons. The summed E-state index contributed by atoms with van der Waals surface area (Å²) in [6.07, 6.45) is 0. The summed E-state index contributed by atoms with van der Waals surface area (Å²) in [5.41, 5.74) is 2.67. The maximum atomic E-state index is 14.8. The molecule has 24 heavy (non-hydrogen) atoms. The van der Waals surface area contributed by atoms with Gasteiger partial charge in [0.05, 0.1) is 11.0 Å². The number of halogens is 3. The Balaban J connectivity index is 2.26. The van der Waals surface area contributed by atoms with Gasteiger partial charge in [0.1, 0.15) is 17.5 Å². The molecule has 1 heterocycles. The van der Waals surface area contributed by atoms with E-state index >= 15 is 0 Å². The van der Waals surface area contributed by atoms with Gasteiger partial charge in [0.25, 0.3) is 0 Å². The Labute approximate surface area is 136 Å². The minimum Gasteiger partial charge on any atom is -0.306 e. The molecular formula is C20H14F3N. The fraction of sp³-hybridized carbons (Fsp3) is 0.100. The van der Waals surface area contributed by atoms with Crippen LogP contribution in [0.3, 0.4) is 0 Å². The number of hydrogen-bond acceptors (Lipinski definition) is 0. The van der Waals surface area contributed by atoms with Gasteiger partial charge in [0.15, 0.2) is 0 Å². The van der Waals surface area contributed by atoms with Crippen molar-refractivity contribution in [2.75, 3.05) is 0 Å². The lowest BCUT2D eigenvalue weighted by Gasteiger charge is -2.09. The molecule has 0 N–H and O–H groups in total. The van der Waals surface area contributed by atoms with E-state index in [-0.39, 0.29) is 22.3 Å². The Morgan fingerprint density at radius 2 is 1.54 bits per heavy atom. The lowest BCUT2D eigenvalue weighted by atomic mass is 10.1. The minimum atomic E-state index is -0.498. The molecule has 4 heteroatoms. The first-order chi connectivity index (χ1) is 11.5. The zero-order valence-electron chi connectivity index (χ0n) is 13.2. The summed E-state index contributed by atoms with van der Waals surface area (Å²) in [4.78, 5) is 0. The molecule has 3 aromatic carbocycles. The number of aromatic nitrogens is 1. The zero-order valence-corrected chi connectivity index (χ0v) is 13.2. The number of rotatable bonds is 1. The summed E-state index contributed by atoms with van der Waals surface area (Å²) >= 11 is 0. The van der Waals surface area contributed by atoms with Gasteiger partial charge in [-0.15, -0.1) is 0 Å². The highest BCUT2D eigenvalue weighted by Gasteiger charge is 2.20. The molecule has 0 fully saturated rings. The van der Waals surface area contributed by atoms with Crippen molar-refractivity contribution in [3.05, 3.63) is 77.1 Å². The van der Waals surface area contributed by atoms with Gasteiger partial charge in [-0.25, -0.2) is 13.2 Å². The second-order valence-electron chi connectivity index (χ2n) is 6.05. The molecule has 4 aromatic rings. The second-order valence-corrected chi connectivity index (χ2v) is 6.05. The van der Waals surface area contributed by atoms with Crippen LogP contribution in [0.2, 0.25) is 0 Å². The molecule has 0 aliphatic heterocycles. The molecule has 0 unspecified atom stereocenters. The SMILES string of the molecule is Cc1ccc2c(c1)c1c(F)c(C)cc(F)c1n2-c1ccc(F)cc1. The predicted molar refractivity (Wildman–Crippen MR) is 90.1 cm³/mol. The average Bonchev–Trinajstić information content (AvgIpc) is 2.88. The van der Waals surface area contributed by atoms with E-state index in [0.717, 1.165) is 5.56 Å². The van der Waals surface area contributed by atoms with Crippen LogP contribution in [0.15, 0.2) is 48.5 Å². The van der Waals surface area contributed by atoms with Crippen LogP contribution < -0.4 is 0 Å². The first-order valence-corrected chi connectivity index (χ1v) is 7.62. The third-order valence-electron chi connectivity index (χ3n) is 4.34. The summed E-state index contributed by atoms with van der Waals surface area (Å²) in [5, 5.41) is 0.907. The fourth-order valence-corrected chi connectivity index (χ4v) is 3.23. The van der Waals surface area contributed by atoms with Crippen molar-refractivity contribution in [3.63, 3.8) is 0 Å². The first-order valence-electron chi connectivity index (χ1n) is 7.62. The van der Waals surface area contributed by atoms with Crippen molar-refractivity contribution in [1.29, 1.82) is 0 Å². The normalized spacial score (nSPS) is 11.5. The number of fused-ring (bicyclic) bond motifs is 3. The number of benzene rings is 3. The maximum Gasteiger partial charge on any atom is 0.148 e. The summed E-state index contributed by atoms with van der Waals surface area (Å²) < 4.78 is 44.4. The monoisotopic (exact) mass is 325 g/mol. The van der Waals surface area contributed by atoms with Crippen LogP contribution >= 0.6 is 0 Å². The van der Waals surface area contributed by atoms with Crippen molar-refractivity contribution < 1.29 is 13.2 Å². The van der Waals surface area contributed by atoms with E-state index in [1.54, 1.807) is 23.6 Å². The highest BCUT2D eigenvalue weighted by Crippen LogP contribution is 2.36. The van der Waals surface area contributed by atoms with Crippen LogP contribution in [0.4, 0.5) is 13.2 Å². The van der Waals surface area contributed by atoms with Crippen LogP contribution in [0.25, 0.3) is 27.5 Å². The molecule has 1 aromatic heterocycles. The van der Waals surface area contributed by atoms with Gasteiger partial charge in [-0.05, 0) is 61.9 Å². The van der Waals surface area contributed by atoms with Crippen molar-refractivity contribution in [3.8, 4) is 5.69 Å². The lowest BCUT2D eigenvalue weighted by molar-refractivity contribution is 0.608. The molecule has 4 rings (SSSR count). The topological polar surface area (TPSA) is 4.93 Å². The molecule has 0 aliphatic rings. The quantitative estimate of drug-likeness (QED) is 0.416. The third kappa shape index (κ3) is 2.03. The molecule has 0 atom stereocenters. The molecule has 0 saturated carbocycles.